The van der Waals surface area contributed by atoms with Crippen LogP contribution in [0.3, 0.4) is 0 Å². The number of aliphatic carboxylic acids is 1. The third kappa shape index (κ3) is 2.95. The highest BCUT2D eigenvalue weighted by atomic mass is 79.9. The summed E-state index contributed by atoms with van der Waals surface area (Å²) in [5, 5.41) is 17.6. The highest BCUT2D eigenvalue weighted by Gasteiger charge is 2.33. The van der Waals surface area contributed by atoms with Crippen molar-refractivity contribution in [3.05, 3.63) is 33.5 Å². The standard InChI is InChI=1S/C9H5BrF4O3/c10-4-1-3(9(12,13)14)2-5(11)6(4)7(15)8(16)17/h1-2,7,15H,(H,16,17). The van der Waals surface area contributed by atoms with E-state index in [4.69, 9.17) is 10.2 Å². The molecule has 1 aromatic carbocycles. The molecule has 2 N–H and O–H groups in total. The zero-order valence-electron chi connectivity index (χ0n) is 7.92. The molecule has 1 unspecified atom stereocenters. The zero-order chi connectivity index (χ0) is 13.4. The van der Waals surface area contributed by atoms with Gasteiger partial charge in [-0.2, -0.15) is 13.2 Å². The van der Waals surface area contributed by atoms with Crippen LogP contribution in [0.2, 0.25) is 0 Å². The number of benzene rings is 1. The SMILES string of the molecule is O=C(O)C(O)c1c(F)cc(C(F)(F)F)cc1Br. The molecule has 8 heteroatoms. The van der Waals surface area contributed by atoms with E-state index in [1.54, 1.807) is 0 Å². The fraction of sp³-hybridized carbons (Fsp3) is 0.222. The number of aliphatic hydroxyl groups is 1. The van der Waals surface area contributed by atoms with Crippen LogP contribution >= 0.6 is 15.9 Å². The second-order valence-electron chi connectivity index (χ2n) is 3.09. The van der Waals surface area contributed by atoms with Crippen LogP contribution in [-0.4, -0.2) is 16.2 Å². The Labute approximate surface area is 101 Å². The average Bonchev–Trinajstić information content (AvgIpc) is 2.14. The van der Waals surface area contributed by atoms with Crippen LogP contribution in [-0.2, 0) is 11.0 Å². The van der Waals surface area contributed by atoms with Crippen LogP contribution in [0.25, 0.3) is 0 Å². The maximum atomic E-state index is 13.3. The van der Waals surface area contributed by atoms with E-state index in [1.165, 1.54) is 0 Å². The highest BCUT2D eigenvalue weighted by Crippen LogP contribution is 2.35. The van der Waals surface area contributed by atoms with Gasteiger partial charge in [0.05, 0.1) is 5.56 Å². The van der Waals surface area contributed by atoms with Crippen LogP contribution in [0.5, 0.6) is 0 Å². The van der Waals surface area contributed by atoms with Gasteiger partial charge in [-0.05, 0) is 12.1 Å². The van der Waals surface area contributed by atoms with Crippen LogP contribution in [0.15, 0.2) is 16.6 Å². The molecule has 0 heterocycles. The van der Waals surface area contributed by atoms with Gasteiger partial charge in [-0.25, -0.2) is 9.18 Å². The zero-order valence-corrected chi connectivity index (χ0v) is 9.51. The molecule has 0 amide bonds. The molecule has 0 aliphatic rings. The maximum absolute atomic E-state index is 13.3. The summed E-state index contributed by atoms with van der Waals surface area (Å²) in [6.07, 6.45) is -6.98. The highest BCUT2D eigenvalue weighted by molar-refractivity contribution is 9.10. The lowest BCUT2D eigenvalue weighted by atomic mass is 10.1. The number of carboxylic acid groups (broad SMARTS) is 1. The second kappa shape index (κ2) is 4.61. The van der Waals surface area contributed by atoms with Crippen molar-refractivity contribution in [3.63, 3.8) is 0 Å². The van der Waals surface area contributed by atoms with E-state index < -0.39 is 39.7 Å². The molecule has 0 aliphatic carbocycles. The first-order valence-corrected chi connectivity index (χ1v) is 4.91. The molecule has 0 radical (unpaired) electrons. The van der Waals surface area contributed by atoms with Gasteiger partial charge in [0, 0.05) is 10.0 Å². The largest absolute Gasteiger partial charge is 0.479 e. The van der Waals surface area contributed by atoms with Gasteiger partial charge in [-0.15, -0.1) is 0 Å². The minimum Gasteiger partial charge on any atom is -0.479 e. The third-order valence-electron chi connectivity index (χ3n) is 1.91. The quantitative estimate of drug-likeness (QED) is 0.825. The van der Waals surface area contributed by atoms with Gasteiger partial charge < -0.3 is 10.2 Å². The van der Waals surface area contributed by atoms with Crippen molar-refractivity contribution in [2.75, 3.05) is 0 Å². The topological polar surface area (TPSA) is 57.5 Å². The summed E-state index contributed by atoms with van der Waals surface area (Å²) in [7, 11) is 0. The molecule has 0 fully saturated rings. The van der Waals surface area contributed by atoms with Crippen molar-refractivity contribution in [2.24, 2.45) is 0 Å². The Bertz CT molecular complexity index is 435. The molecule has 0 aliphatic heterocycles. The Morgan fingerprint density at radius 1 is 1.35 bits per heavy atom. The Balaban J connectivity index is 3.34. The van der Waals surface area contributed by atoms with E-state index in [0.717, 1.165) is 0 Å². The van der Waals surface area contributed by atoms with E-state index in [-0.39, 0.29) is 6.07 Å². The number of alkyl halides is 3. The van der Waals surface area contributed by atoms with Gasteiger partial charge in [-0.3, -0.25) is 0 Å². The normalized spacial score (nSPS) is 13.5. The van der Waals surface area contributed by atoms with E-state index in [9.17, 15) is 22.4 Å². The fourth-order valence-electron chi connectivity index (χ4n) is 1.13. The van der Waals surface area contributed by atoms with E-state index >= 15 is 0 Å². The summed E-state index contributed by atoms with van der Waals surface area (Å²) in [5.41, 5.74) is -2.02. The van der Waals surface area contributed by atoms with Gasteiger partial charge >= 0.3 is 12.1 Å². The van der Waals surface area contributed by atoms with Gasteiger partial charge in [0.25, 0.3) is 0 Å². The average molecular weight is 317 g/mol. The summed E-state index contributed by atoms with van der Waals surface area (Å²) in [4.78, 5) is 10.4. The van der Waals surface area contributed by atoms with Crippen LogP contribution in [0.4, 0.5) is 17.6 Å². The van der Waals surface area contributed by atoms with Crippen molar-refractivity contribution in [2.45, 2.75) is 12.3 Å². The first kappa shape index (κ1) is 13.9. The van der Waals surface area contributed by atoms with E-state index in [1.807, 2.05) is 0 Å². The van der Waals surface area contributed by atoms with Crippen molar-refractivity contribution in [1.82, 2.24) is 0 Å². The predicted octanol–water partition coefficient (Wildman–Crippen LogP) is 2.72. The lowest BCUT2D eigenvalue weighted by Gasteiger charge is -2.13. The lowest BCUT2D eigenvalue weighted by Crippen LogP contribution is -2.15. The summed E-state index contributed by atoms with van der Waals surface area (Å²) >= 11 is 2.60. The summed E-state index contributed by atoms with van der Waals surface area (Å²) in [5.74, 6) is -3.20. The second-order valence-corrected chi connectivity index (χ2v) is 3.95. The lowest BCUT2D eigenvalue weighted by molar-refractivity contribution is -0.147. The number of hydrogen-bond donors (Lipinski definition) is 2. The summed E-state index contributed by atoms with van der Waals surface area (Å²) in [6, 6.07) is 0.636. The number of carboxylic acids is 1. The fourth-order valence-corrected chi connectivity index (χ4v) is 1.79. The molecular formula is C9H5BrF4O3. The van der Waals surface area contributed by atoms with Gasteiger partial charge in [0.1, 0.15) is 5.82 Å². The molecule has 0 saturated heterocycles. The van der Waals surface area contributed by atoms with Gasteiger partial charge in [-0.1, -0.05) is 15.9 Å². The molecule has 0 saturated carbocycles. The number of halogens is 5. The number of hydrogen-bond acceptors (Lipinski definition) is 2. The first-order chi connectivity index (χ1) is 7.64. The minimum atomic E-state index is -4.75. The Hall–Kier alpha value is -1.15. The molecule has 94 valence electrons. The van der Waals surface area contributed by atoms with Crippen LogP contribution in [0.1, 0.15) is 17.2 Å². The van der Waals surface area contributed by atoms with Crippen LogP contribution in [0, 0.1) is 5.82 Å². The smallest absolute Gasteiger partial charge is 0.416 e. The minimum absolute atomic E-state index is 0.131. The first-order valence-electron chi connectivity index (χ1n) is 4.11. The molecule has 0 aromatic heterocycles. The monoisotopic (exact) mass is 316 g/mol. The Kier molecular flexibility index (Phi) is 3.78. The third-order valence-corrected chi connectivity index (χ3v) is 2.57. The number of carbonyl (C=O) groups is 1. The summed E-state index contributed by atoms with van der Waals surface area (Å²) < 4.78 is 49.7. The summed E-state index contributed by atoms with van der Waals surface area (Å²) in [6.45, 7) is 0. The molecule has 1 atom stereocenters. The molecule has 0 spiro atoms. The van der Waals surface area contributed by atoms with Gasteiger partial charge in [0.15, 0.2) is 6.10 Å². The van der Waals surface area contributed by atoms with Gasteiger partial charge in [0.2, 0.25) is 0 Å². The molecular weight excluding hydrogens is 312 g/mol. The molecule has 1 aromatic rings. The number of rotatable bonds is 2. The predicted molar refractivity (Wildman–Crippen MR) is 51.7 cm³/mol. The van der Waals surface area contributed by atoms with Crippen LogP contribution < -0.4 is 0 Å². The Morgan fingerprint density at radius 2 is 1.88 bits per heavy atom. The number of aliphatic hydroxyl groups excluding tert-OH is 1. The van der Waals surface area contributed by atoms with Crippen molar-refractivity contribution in [1.29, 1.82) is 0 Å². The molecule has 0 bridgehead atoms. The van der Waals surface area contributed by atoms with Crippen molar-refractivity contribution >= 4 is 21.9 Å². The molecule has 1 rings (SSSR count). The van der Waals surface area contributed by atoms with Crippen molar-refractivity contribution in [3.8, 4) is 0 Å². The van der Waals surface area contributed by atoms with E-state index in [0.29, 0.717) is 6.07 Å². The molecule has 3 nitrogen and oxygen atoms in total. The molecule has 17 heavy (non-hydrogen) atoms. The van der Waals surface area contributed by atoms with Crippen molar-refractivity contribution < 1.29 is 32.6 Å². The maximum Gasteiger partial charge on any atom is 0.416 e. The Morgan fingerprint density at radius 3 is 2.24 bits per heavy atom. The van der Waals surface area contributed by atoms with E-state index in [2.05, 4.69) is 15.9 Å².